The maximum atomic E-state index is 12.2. The third-order valence-corrected chi connectivity index (χ3v) is 4.56. The zero-order valence-electron chi connectivity index (χ0n) is 15.1. The number of rotatable bonds is 7. The number of fused-ring (bicyclic) bond motifs is 1. The summed E-state index contributed by atoms with van der Waals surface area (Å²) in [6, 6.07) is 9.30. The molecule has 3 N–H and O–H groups in total. The van der Waals surface area contributed by atoms with E-state index >= 15 is 0 Å². The topological polar surface area (TPSA) is 113 Å². The molecule has 0 saturated carbocycles. The van der Waals surface area contributed by atoms with Crippen LogP contribution in [0.15, 0.2) is 35.5 Å². The molecule has 140 valence electrons. The van der Waals surface area contributed by atoms with Crippen LogP contribution in [0.3, 0.4) is 0 Å². The van der Waals surface area contributed by atoms with E-state index in [0.29, 0.717) is 23.9 Å². The monoisotopic (exact) mass is 384 g/mol. The highest BCUT2D eigenvalue weighted by Gasteiger charge is 2.13. The van der Waals surface area contributed by atoms with Crippen LogP contribution in [0.25, 0.3) is 10.9 Å². The molecule has 0 spiro atoms. The quantitative estimate of drug-likeness (QED) is 0.324. The van der Waals surface area contributed by atoms with Crippen LogP contribution in [-0.2, 0) is 4.79 Å². The number of aryl methyl sites for hydroxylation is 2. The number of nitrogens with zero attached hydrogens (tertiary/aromatic N) is 3. The Morgan fingerprint density at radius 3 is 2.56 bits per heavy atom. The molecule has 2 aromatic heterocycles. The van der Waals surface area contributed by atoms with Gasteiger partial charge in [-0.15, -0.1) is 0 Å². The summed E-state index contributed by atoms with van der Waals surface area (Å²) >= 11 is 1.28. The SMILES string of the molecule is Cc1cc(C)nc(SCC(=O)NCCNC(=O)c2n[nH]c3ccccc23)n1. The maximum Gasteiger partial charge on any atom is 0.272 e. The third kappa shape index (κ3) is 5.04. The number of para-hydroxylation sites is 1. The Hall–Kier alpha value is -2.94. The minimum Gasteiger partial charge on any atom is -0.354 e. The van der Waals surface area contributed by atoms with Gasteiger partial charge in [0, 0.05) is 29.9 Å². The average Bonchev–Trinajstić information content (AvgIpc) is 3.07. The van der Waals surface area contributed by atoms with Gasteiger partial charge < -0.3 is 10.6 Å². The number of H-pyrrole nitrogens is 1. The van der Waals surface area contributed by atoms with Gasteiger partial charge in [0.1, 0.15) is 0 Å². The zero-order chi connectivity index (χ0) is 19.2. The van der Waals surface area contributed by atoms with Gasteiger partial charge in [-0.05, 0) is 26.0 Å². The molecule has 8 nitrogen and oxygen atoms in total. The van der Waals surface area contributed by atoms with Gasteiger partial charge in [0.25, 0.3) is 5.91 Å². The fourth-order valence-corrected chi connectivity index (χ4v) is 3.32. The fourth-order valence-electron chi connectivity index (χ4n) is 2.54. The standard InChI is InChI=1S/C18H20N6O2S/c1-11-9-12(2)22-18(21-11)27-10-15(25)19-7-8-20-17(26)16-13-5-3-4-6-14(13)23-24-16/h3-6,9H,7-8,10H2,1-2H3,(H,19,25)(H,20,26)(H,23,24). The molecule has 0 saturated heterocycles. The Kier molecular flexibility index (Phi) is 6.02. The largest absolute Gasteiger partial charge is 0.354 e. The molecule has 0 fully saturated rings. The Balaban J connectivity index is 1.40. The second-order valence-corrected chi connectivity index (χ2v) is 6.89. The summed E-state index contributed by atoms with van der Waals surface area (Å²) in [6.07, 6.45) is 0. The van der Waals surface area contributed by atoms with Crippen LogP contribution in [0.4, 0.5) is 0 Å². The van der Waals surface area contributed by atoms with Crippen molar-refractivity contribution in [2.24, 2.45) is 0 Å². The number of amides is 2. The highest BCUT2D eigenvalue weighted by Crippen LogP contribution is 2.15. The molecule has 2 amide bonds. The van der Waals surface area contributed by atoms with Gasteiger partial charge in [0.2, 0.25) is 5.91 Å². The summed E-state index contributed by atoms with van der Waals surface area (Å²) in [4.78, 5) is 32.7. The predicted octanol–water partition coefficient (Wildman–Crippen LogP) is 1.61. The van der Waals surface area contributed by atoms with E-state index in [1.165, 1.54) is 11.8 Å². The number of carbonyl (C=O) groups is 2. The van der Waals surface area contributed by atoms with E-state index in [9.17, 15) is 9.59 Å². The van der Waals surface area contributed by atoms with Crippen molar-refractivity contribution in [1.82, 2.24) is 30.8 Å². The second-order valence-electron chi connectivity index (χ2n) is 5.95. The molecule has 0 aliphatic rings. The number of thioether (sulfide) groups is 1. The Morgan fingerprint density at radius 2 is 1.78 bits per heavy atom. The van der Waals surface area contributed by atoms with Crippen molar-refractivity contribution in [1.29, 1.82) is 0 Å². The molecule has 0 radical (unpaired) electrons. The Morgan fingerprint density at radius 1 is 1.07 bits per heavy atom. The van der Waals surface area contributed by atoms with E-state index in [0.717, 1.165) is 22.3 Å². The van der Waals surface area contributed by atoms with Crippen molar-refractivity contribution < 1.29 is 9.59 Å². The van der Waals surface area contributed by atoms with E-state index < -0.39 is 0 Å². The molecule has 1 aromatic carbocycles. The van der Waals surface area contributed by atoms with Crippen LogP contribution in [0.2, 0.25) is 0 Å². The smallest absolute Gasteiger partial charge is 0.272 e. The molecule has 0 atom stereocenters. The predicted molar refractivity (Wildman–Crippen MR) is 104 cm³/mol. The molecular formula is C18H20N6O2S. The van der Waals surface area contributed by atoms with Crippen LogP contribution < -0.4 is 10.6 Å². The molecule has 3 rings (SSSR count). The Bertz CT molecular complexity index is 951. The van der Waals surface area contributed by atoms with E-state index in [1.807, 2.05) is 44.2 Å². The molecule has 0 aliphatic heterocycles. The van der Waals surface area contributed by atoms with Crippen LogP contribution >= 0.6 is 11.8 Å². The van der Waals surface area contributed by atoms with E-state index in [4.69, 9.17) is 0 Å². The van der Waals surface area contributed by atoms with Crippen molar-refractivity contribution in [3.05, 3.63) is 47.4 Å². The summed E-state index contributed by atoms with van der Waals surface area (Å²) in [6.45, 7) is 4.44. The number of hydrogen-bond acceptors (Lipinski definition) is 6. The molecule has 2 heterocycles. The van der Waals surface area contributed by atoms with Crippen molar-refractivity contribution >= 4 is 34.5 Å². The first-order chi connectivity index (χ1) is 13.0. The first kappa shape index (κ1) is 18.8. The number of nitrogens with one attached hydrogen (secondary N) is 3. The summed E-state index contributed by atoms with van der Waals surface area (Å²) < 4.78 is 0. The number of aromatic nitrogens is 4. The number of carbonyl (C=O) groups excluding carboxylic acids is 2. The molecule has 3 aromatic rings. The fraction of sp³-hybridized carbons (Fsp3) is 0.278. The van der Waals surface area contributed by atoms with Crippen molar-refractivity contribution in [2.45, 2.75) is 19.0 Å². The van der Waals surface area contributed by atoms with Gasteiger partial charge in [-0.2, -0.15) is 5.10 Å². The van der Waals surface area contributed by atoms with Crippen LogP contribution in [0.5, 0.6) is 0 Å². The first-order valence-electron chi connectivity index (χ1n) is 8.46. The second kappa shape index (κ2) is 8.63. The number of hydrogen-bond donors (Lipinski definition) is 3. The zero-order valence-corrected chi connectivity index (χ0v) is 15.9. The highest BCUT2D eigenvalue weighted by atomic mass is 32.2. The molecule has 27 heavy (non-hydrogen) atoms. The lowest BCUT2D eigenvalue weighted by molar-refractivity contribution is -0.118. The summed E-state index contributed by atoms with van der Waals surface area (Å²) in [5.74, 6) is -0.192. The molecule has 0 bridgehead atoms. The van der Waals surface area contributed by atoms with Crippen molar-refractivity contribution in [3.8, 4) is 0 Å². The maximum absolute atomic E-state index is 12.2. The molecular weight excluding hydrogens is 364 g/mol. The van der Waals surface area contributed by atoms with Gasteiger partial charge in [-0.25, -0.2) is 9.97 Å². The minimum absolute atomic E-state index is 0.137. The van der Waals surface area contributed by atoms with E-state index in [2.05, 4.69) is 30.8 Å². The molecule has 0 aliphatic carbocycles. The van der Waals surface area contributed by atoms with Crippen LogP contribution in [0.1, 0.15) is 21.9 Å². The van der Waals surface area contributed by atoms with Crippen molar-refractivity contribution in [3.63, 3.8) is 0 Å². The van der Waals surface area contributed by atoms with Gasteiger partial charge >= 0.3 is 0 Å². The minimum atomic E-state index is -0.278. The highest BCUT2D eigenvalue weighted by molar-refractivity contribution is 7.99. The third-order valence-electron chi connectivity index (χ3n) is 3.71. The van der Waals surface area contributed by atoms with Gasteiger partial charge in [-0.1, -0.05) is 30.0 Å². The van der Waals surface area contributed by atoms with Crippen molar-refractivity contribution in [2.75, 3.05) is 18.8 Å². The number of benzene rings is 1. The van der Waals surface area contributed by atoms with Gasteiger partial charge in [0.05, 0.1) is 11.3 Å². The van der Waals surface area contributed by atoms with Gasteiger partial charge in [0.15, 0.2) is 10.9 Å². The Labute approximate surface area is 160 Å². The normalized spacial score (nSPS) is 10.7. The molecule has 0 unspecified atom stereocenters. The summed E-state index contributed by atoms with van der Waals surface area (Å²) in [5.41, 5.74) is 2.90. The number of aromatic amines is 1. The van der Waals surface area contributed by atoms with E-state index in [1.54, 1.807) is 0 Å². The van der Waals surface area contributed by atoms with Gasteiger partial charge in [-0.3, -0.25) is 14.7 Å². The average molecular weight is 384 g/mol. The lowest BCUT2D eigenvalue weighted by Crippen LogP contribution is -2.35. The summed E-state index contributed by atoms with van der Waals surface area (Å²) in [5, 5.41) is 13.7. The lowest BCUT2D eigenvalue weighted by Gasteiger charge is -2.06. The first-order valence-corrected chi connectivity index (χ1v) is 9.44. The lowest BCUT2D eigenvalue weighted by atomic mass is 10.2. The van der Waals surface area contributed by atoms with Crippen LogP contribution in [0, 0.1) is 13.8 Å². The summed E-state index contributed by atoms with van der Waals surface area (Å²) in [7, 11) is 0. The molecule has 9 heteroatoms. The van der Waals surface area contributed by atoms with Crippen LogP contribution in [-0.4, -0.2) is 50.8 Å². The van der Waals surface area contributed by atoms with E-state index in [-0.39, 0.29) is 17.6 Å².